The molecule has 0 aliphatic heterocycles. The highest BCUT2D eigenvalue weighted by molar-refractivity contribution is 7.92. The first-order chi connectivity index (χ1) is 6.81. The van der Waals surface area contributed by atoms with Crippen LogP contribution in [0.1, 0.15) is 19.3 Å². The summed E-state index contributed by atoms with van der Waals surface area (Å²) in [5.41, 5.74) is 0. The van der Waals surface area contributed by atoms with Gasteiger partial charge < -0.3 is 5.11 Å². The lowest BCUT2D eigenvalue weighted by Crippen LogP contribution is -2.13. The van der Waals surface area contributed by atoms with Crippen LogP contribution in [0, 0.1) is 0 Å². The van der Waals surface area contributed by atoms with Crippen molar-refractivity contribution >= 4 is 26.6 Å². The Morgan fingerprint density at radius 2 is 1.87 bits per heavy atom. The van der Waals surface area contributed by atoms with E-state index in [1.54, 1.807) is 0 Å². The molecule has 0 rings (SSSR count). The third kappa shape index (κ3) is 11.5. The maximum absolute atomic E-state index is 11.2. The summed E-state index contributed by atoms with van der Waals surface area (Å²) in [6, 6.07) is 0. The van der Waals surface area contributed by atoms with Crippen molar-refractivity contribution in [2.75, 3.05) is 23.5 Å². The average Bonchev–Trinajstić information content (AvgIpc) is 2.07. The number of carboxylic acids is 1. The highest BCUT2D eigenvalue weighted by atomic mass is 32.2. The van der Waals surface area contributed by atoms with Crippen LogP contribution in [0.4, 0.5) is 0 Å². The van der Waals surface area contributed by atoms with Crippen LogP contribution in [0.2, 0.25) is 0 Å². The summed E-state index contributed by atoms with van der Waals surface area (Å²) in [7, 11) is -4.20. The third-order valence-corrected chi connectivity index (χ3v) is 4.30. The van der Waals surface area contributed by atoms with Crippen molar-refractivity contribution in [3.8, 4) is 0 Å². The molecule has 1 atom stereocenters. The highest BCUT2D eigenvalue weighted by Crippen LogP contribution is 1.98. The normalized spacial score (nSPS) is 13.7. The quantitative estimate of drug-likeness (QED) is 0.619. The second kappa shape index (κ2) is 6.95. The van der Waals surface area contributed by atoms with E-state index in [-0.39, 0.29) is 17.9 Å². The van der Waals surface area contributed by atoms with Crippen molar-refractivity contribution in [3.05, 3.63) is 0 Å². The summed E-state index contributed by atoms with van der Waals surface area (Å²) < 4.78 is 32.7. The molecule has 0 heterocycles. The monoisotopic (exact) mass is 256 g/mol. The van der Waals surface area contributed by atoms with E-state index in [1.165, 1.54) is 0 Å². The molecule has 0 saturated heterocycles. The predicted molar refractivity (Wildman–Crippen MR) is 59.1 cm³/mol. The topological polar surface area (TPSA) is 88.5 Å². The fraction of sp³-hybridized carbons (Fsp3) is 0.875. The van der Waals surface area contributed by atoms with Gasteiger partial charge in [0.15, 0.2) is 0 Å². The number of carbonyl (C=O) groups is 1. The van der Waals surface area contributed by atoms with Crippen LogP contribution >= 0.6 is 0 Å². The van der Waals surface area contributed by atoms with E-state index < -0.39 is 26.6 Å². The molecule has 0 amide bonds. The minimum Gasteiger partial charge on any atom is -0.481 e. The summed E-state index contributed by atoms with van der Waals surface area (Å²) >= 11 is 0. The second-order valence-electron chi connectivity index (χ2n) is 3.33. The molecule has 0 aromatic rings. The largest absolute Gasteiger partial charge is 0.481 e. The molecular weight excluding hydrogens is 240 g/mol. The van der Waals surface area contributed by atoms with Crippen LogP contribution in [-0.2, 0) is 25.4 Å². The van der Waals surface area contributed by atoms with E-state index in [2.05, 4.69) is 0 Å². The molecule has 0 bridgehead atoms. The van der Waals surface area contributed by atoms with Crippen molar-refractivity contribution in [1.29, 1.82) is 0 Å². The SMILES string of the molecule is CS(=O)(=O)CCS(=O)CCCCC(=O)O. The van der Waals surface area contributed by atoms with Gasteiger partial charge in [-0.15, -0.1) is 0 Å². The van der Waals surface area contributed by atoms with Crippen LogP contribution in [0.25, 0.3) is 0 Å². The molecule has 0 aromatic carbocycles. The van der Waals surface area contributed by atoms with Gasteiger partial charge in [0.05, 0.1) is 5.75 Å². The Balaban J connectivity index is 3.55. The lowest BCUT2D eigenvalue weighted by molar-refractivity contribution is -0.137. The maximum atomic E-state index is 11.2. The first-order valence-electron chi connectivity index (χ1n) is 4.56. The average molecular weight is 256 g/mol. The van der Waals surface area contributed by atoms with Gasteiger partial charge >= 0.3 is 5.97 Å². The Morgan fingerprint density at radius 3 is 2.33 bits per heavy atom. The van der Waals surface area contributed by atoms with Crippen LogP contribution in [0.15, 0.2) is 0 Å². The molecule has 90 valence electrons. The van der Waals surface area contributed by atoms with Gasteiger partial charge in [0.2, 0.25) is 0 Å². The van der Waals surface area contributed by atoms with Crippen molar-refractivity contribution in [1.82, 2.24) is 0 Å². The summed E-state index contributed by atoms with van der Waals surface area (Å²) in [5.74, 6) is -0.412. The van der Waals surface area contributed by atoms with Gasteiger partial charge in [0.25, 0.3) is 0 Å². The number of aliphatic carboxylic acids is 1. The molecule has 0 aliphatic carbocycles. The molecule has 0 aliphatic rings. The van der Waals surface area contributed by atoms with Gasteiger partial charge in [-0.3, -0.25) is 9.00 Å². The molecule has 7 heteroatoms. The Labute approximate surface area is 92.2 Å². The number of sulfone groups is 1. The predicted octanol–water partition coefficient (Wildman–Crippen LogP) is 0.0346. The standard InChI is InChI=1S/C8H16O5S2/c1-15(12,13)7-6-14(11)5-3-2-4-8(9)10/h2-7H2,1H3,(H,9,10). The molecule has 1 N–H and O–H groups in total. The molecule has 15 heavy (non-hydrogen) atoms. The fourth-order valence-corrected chi connectivity index (χ4v) is 3.57. The number of hydrogen-bond acceptors (Lipinski definition) is 4. The zero-order valence-corrected chi connectivity index (χ0v) is 10.3. The Bertz CT molecular complexity index is 320. The van der Waals surface area contributed by atoms with E-state index in [4.69, 9.17) is 5.11 Å². The van der Waals surface area contributed by atoms with Crippen LogP contribution in [-0.4, -0.2) is 47.2 Å². The first-order valence-corrected chi connectivity index (χ1v) is 8.10. The van der Waals surface area contributed by atoms with Crippen molar-refractivity contribution in [2.45, 2.75) is 19.3 Å². The van der Waals surface area contributed by atoms with Gasteiger partial charge in [0, 0.05) is 35.0 Å². The van der Waals surface area contributed by atoms with Gasteiger partial charge in [-0.05, 0) is 12.8 Å². The van der Waals surface area contributed by atoms with E-state index in [0.717, 1.165) is 6.26 Å². The zero-order chi connectivity index (χ0) is 11.9. The zero-order valence-electron chi connectivity index (χ0n) is 8.64. The van der Waals surface area contributed by atoms with Crippen LogP contribution in [0.3, 0.4) is 0 Å². The molecule has 0 fully saturated rings. The lowest BCUT2D eigenvalue weighted by Gasteiger charge is -2.00. The summed E-state index contributed by atoms with van der Waals surface area (Å²) in [4.78, 5) is 10.1. The minimum atomic E-state index is -3.05. The smallest absolute Gasteiger partial charge is 0.303 e. The van der Waals surface area contributed by atoms with Crippen molar-refractivity contribution < 1.29 is 22.5 Å². The van der Waals surface area contributed by atoms with Gasteiger partial charge in [-0.25, -0.2) is 8.42 Å². The molecule has 0 spiro atoms. The fourth-order valence-electron chi connectivity index (χ4n) is 0.886. The van der Waals surface area contributed by atoms with E-state index >= 15 is 0 Å². The highest BCUT2D eigenvalue weighted by Gasteiger charge is 2.06. The summed E-state index contributed by atoms with van der Waals surface area (Å²) in [5, 5.41) is 8.33. The lowest BCUT2D eigenvalue weighted by atomic mass is 10.3. The Hall–Kier alpha value is -0.430. The van der Waals surface area contributed by atoms with E-state index in [9.17, 15) is 17.4 Å². The number of carboxylic acid groups (broad SMARTS) is 1. The van der Waals surface area contributed by atoms with Crippen molar-refractivity contribution in [3.63, 3.8) is 0 Å². The molecule has 0 saturated carbocycles. The maximum Gasteiger partial charge on any atom is 0.303 e. The number of hydrogen-bond donors (Lipinski definition) is 1. The van der Waals surface area contributed by atoms with Gasteiger partial charge in [0.1, 0.15) is 9.84 Å². The second-order valence-corrected chi connectivity index (χ2v) is 7.28. The summed E-state index contributed by atoms with van der Waals surface area (Å²) in [6.45, 7) is 0. The molecule has 5 nitrogen and oxygen atoms in total. The molecule has 0 aromatic heterocycles. The summed E-state index contributed by atoms with van der Waals surface area (Å²) in [6.07, 6.45) is 2.22. The van der Waals surface area contributed by atoms with E-state index in [0.29, 0.717) is 18.6 Å². The van der Waals surface area contributed by atoms with Crippen LogP contribution in [0.5, 0.6) is 0 Å². The Kier molecular flexibility index (Phi) is 6.75. The molecular formula is C8H16O5S2. The van der Waals surface area contributed by atoms with E-state index in [1.807, 2.05) is 0 Å². The van der Waals surface area contributed by atoms with Gasteiger partial charge in [-0.2, -0.15) is 0 Å². The number of unbranched alkanes of at least 4 members (excludes halogenated alkanes) is 1. The van der Waals surface area contributed by atoms with Crippen LogP contribution < -0.4 is 0 Å². The third-order valence-electron chi connectivity index (χ3n) is 1.69. The first kappa shape index (κ1) is 14.6. The minimum absolute atomic E-state index is 0.0709. The van der Waals surface area contributed by atoms with Gasteiger partial charge in [-0.1, -0.05) is 0 Å². The Morgan fingerprint density at radius 1 is 1.27 bits per heavy atom. The molecule has 0 radical (unpaired) electrons. The van der Waals surface area contributed by atoms with Crippen molar-refractivity contribution in [2.24, 2.45) is 0 Å². The number of rotatable bonds is 8. The molecule has 1 unspecified atom stereocenters.